The second kappa shape index (κ2) is 5.16. The average Bonchev–Trinajstić information content (AvgIpc) is 2.50. The van der Waals surface area contributed by atoms with Crippen LogP contribution in [0.1, 0.15) is 10.4 Å². The van der Waals surface area contributed by atoms with Gasteiger partial charge in [-0.25, -0.2) is 9.37 Å². The standard InChI is InChI=1S/C15H10FN3O2/c16-10-4-6-11(7-5-10)18-14(20)12-9-17-13-3-1-2-8-19(13)15(12)21/h1-9H,(H,18,20). The summed E-state index contributed by atoms with van der Waals surface area (Å²) in [5.41, 5.74) is 0.322. The van der Waals surface area contributed by atoms with Crippen molar-refractivity contribution in [2.75, 3.05) is 5.32 Å². The van der Waals surface area contributed by atoms with E-state index < -0.39 is 17.3 Å². The number of halogens is 1. The number of benzene rings is 1. The minimum absolute atomic E-state index is 0.0805. The number of pyridine rings is 1. The van der Waals surface area contributed by atoms with Crippen LogP contribution in [0.2, 0.25) is 0 Å². The molecule has 0 aliphatic heterocycles. The van der Waals surface area contributed by atoms with E-state index in [1.54, 1.807) is 24.4 Å². The highest BCUT2D eigenvalue weighted by molar-refractivity contribution is 6.03. The fourth-order valence-corrected chi connectivity index (χ4v) is 1.91. The summed E-state index contributed by atoms with van der Waals surface area (Å²) in [5, 5.41) is 2.53. The molecule has 0 atom stereocenters. The van der Waals surface area contributed by atoms with Crippen molar-refractivity contribution in [1.29, 1.82) is 0 Å². The SMILES string of the molecule is O=C(Nc1ccc(F)cc1)c1cnc2ccccn2c1=O. The average molecular weight is 283 g/mol. The molecule has 0 bridgehead atoms. The molecule has 6 heteroatoms. The van der Waals surface area contributed by atoms with Gasteiger partial charge in [0, 0.05) is 18.1 Å². The molecule has 0 saturated carbocycles. The number of amides is 1. The predicted molar refractivity (Wildman–Crippen MR) is 75.8 cm³/mol. The summed E-state index contributed by atoms with van der Waals surface area (Å²) in [6, 6.07) is 10.4. The summed E-state index contributed by atoms with van der Waals surface area (Å²) in [6.45, 7) is 0. The van der Waals surface area contributed by atoms with Gasteiger partial charge < -0.3 is 5.32 Å². The Morgan fingerprint density at radius 3 is 2.67 bits per heavy atom. The van der Waals surface area contributed by atoms with Gasteiger partial charge in [0.2, 0.25) is 0 Å². The third-order valence-corrected chi connectivity index (χ3v) is 2.96. The molecule has 0 saturated heterocycles. The van der Waals surface area contributed by atoms with Crippen molar-refractivity contribution in [2.24, 2.45) is 0 Å². The smallest absolute Gasteiger partial charge is 0.270 e. The van der Waals surface area contributed by atoms with Crippen LogP contribution in [0.3, 0.4) is 0 Å². The first-order valence-corrected chi connectivity index (χ1v) is 6.18. The van der Waals surface area contributed by atoms with E-state index in [-0.39, 0.29) is 5.56 Å². The molecular formula is C15H10FN3O2. The molecule has 0 aliphatic carbocycles. The molecule has 0 aliphatic rings. The predicted octanol–water partition coefficient (Wildman–Crippen LogP) is 2.09. The van der Waals surface area contributed by atoms with Gasteiger partial charge in [0.15, 0.2) is 0 Å². The van der Waals surface area contributed by atoms with Crippen LogP contribution in [0.15, 0.2) is 59.7 Å². The number of hydrogen-bond donors (Lipinski definition) is 1. The Balaban J connectivity index is 1.96. The summed E-state index contributed by atoms with van der Waals surface area (Å²) in [4.78, 5) is 28.4. The van der Waals surface area contributed by atoms with Crippen LogP contribution in [-0.4, -0.2) is 15.3 Å². The molecule has 1 N–H and O–H groups in total. The van der Waals surface area contributed by atoms with Gasteiger partial charge in [0.05, 0.1) is 0 Å². The van der Waals surface area contributed by atoms with Gasteiger partial charge in [0.25, 0.3) is 11.5 Å². The van der Waals surface area contributed by atoms with Gasteiger partial charge in [0.1, 0.15) is 17.0 Å². The number of nitrogens with zero attached hydrogens (tertiary/aromatic N) is 2. The van der Waals surface area contributed by atoms with Gasteiger partial charge in [-0.1, -0.05) is 6.07 Å². The van der Waals surface area contributed by atoms with Gasteiger partial charge in [-0.05, 0) is 36.4 Å². The third kappa shape index (κ3) is 2.51. The Bertz CT molecular complexity index is 872. The highest BCUT2D eigenvalue weighted by Gasteiger charge is 2.13. The van der Waals surface area contributed by atoms with Crippen LogP contribution in [0.5, 0.6) is 0 Å². The number of rotatable bonds is 2. The molecule has 21 heavy (non-hydrogen) atoms. The summed E-state index contributed by atoms with van der Waals surface area (Å²) < 4.78 is 14.1. The molecule has 1 amide bonds. The molecule has 5 nitrogen and oxygen atoms in total. The molecular weight excluding hydrogens is 273 g/mol. The summed E-state index contributed by atoms with van der Waals surface area (Å²) in [5.74, 6) is -0.988. The lowest BCUT2D eigenvalue weighted by molar-refractivity contribution is 0.102. The quantitative estimate of drug-likeness (QED) is 0.783. The van der Waals surface area contributed by atoms with Crippen molar-refractivity contribution in [1.82, 2.24) is 9.38 Å². The number of aromatic nitrogens is 2. The number of anilines is 1. The van der Waals surface area contributed by atoms with E-state index in [1.165, 1.54) is 34.9 Å². The second-order valence-corrected chi connectivity index (χ2v) is 4.37. The molecule has 2 aromatic heterocycles. The highest BCUT2D eigenvalue weighted by atomic mass is 19.1. The zero-order chi connectivity index (χ0) is 14.8. The number of nitrogens with one attached hydrogen (secondary N) is 1. The van der Waals surface area contributed by atoms with E-state index in [4.69, 9.17) is 0 Å². The van der Waals surface area contributed by atoms with Crippen molar-refractivity contribution in [3.05, 3.63) is 76.6 Å². The largest absolute Gasteiger partial charge is 0.322 e. The van der Waals surface area contributed by atoms with Crippen molar-refractivity contribution >= 4 is 17.2 Å². The lowest BCUT2D eigenvalue weighted by atomic mass is 10.2. The number of carbonyl (C=O) groups excluding carboxylic acids is 1. The van der Waals surface area contributed by atoms with E-state index in [9.17, 15) is 14.0 Å². The van der Waals surface area contributed by atoms with Crippen molar-refractivity contribution in [3.8, 4) is 0 Å². The van der Waals surface area contributed by atoms with Crippen LogP contribution in [-0.2, 0) is 0 Å². The Morgan fingerprint density at radius 1 is 1.14 bits per heavy atom. The van der Waals surface area contributed by atoms with Crippen LogP contribution in [0.25, 0.3) is 5.65 Å². The number of fused-ring (bicyclic) bond motifs is 1. The lowest BCUT2D eigenvalue weighted by Crippen LogP contribution is -2.26. The highest BCUT2D eigenvalue weighted by Crippen LogP contribution is 2.09. The fraction of sp³-hybridized carbons (Fsp3) is 0. The van der Waals surface area contributed by atoms with Gasteiger partial charge >= 0.3 is 0 Å². The Morgan fingerprint density at radius 2 is 1.90 bits per heavy atom. The summed E-state index contributed by atoms with van der Waals surface area (Å²) in [6.07, 6.45) is 2.77. The van der Waals surface area contributed by atoms with E-state index in [2.05, 4.69) is 10.3 Å². The summed E-state index contributed by atoms with van der Waals surface area (Å²) in [7, 11) is 0. The topological polar surface area (TPSA) is 63.5 Å². The third-order valence-electron chi connectivity index (χ3n) is 2.96. The maximum Gasteiger partial charge on any atom is 0.270 e. The Labute approximate surface area is 118 Å². The Kier molecular flexibility index (Phi) is 3.19. The molecule has 2 heterocycles. The van der Waals surface area contributed by atoms with Crippen LogP contribution in [0.4, 0.5) is 10.1 Å². The van der Waals surface area contributed by atoms with E-state index in [0.29, 0.717) is 11.3 Å². The van der Waals surface area contributed by atoms with E-state index in [0.717, 1.165) is 0 Å². The first-order chi connectivity index (χ1) is 10.1. The molecule has 0 unspecified atom stereocenters. The van der Waals surface area contributed by atoms with E-state index in [1.807, 2.05) is 0 Å². The number of hydrogen-bond acceptors (Lipinski definition) is 3. The molecule has 0 spiro atoms. The maximum atomic E-state index is 12.8. The molecule has 0 fully saturated rings. The number of carbonyl (C=O) groups is 1. The van der Waals surface area contributed by atoms with Crippen LogP contribution in [0, 0.1) is 5.82 Å². The molecule has 104 valence electrons. The monoisotopic (exact) mass is 283 g/mol. The fourth-order valence-electron chi connectivity index (χ4n) is 1.91. The normalized spacial score (nSPS) is 10.5. The zero-order valence-corrected chi connectivity index (χ0v) is 10.8. The van der Waals surface area contributed by atoms with Gasteiger partial charge in [-0.3, -0.25) is 14.0 Å². The summed E-state index contributed by atoms with van der Waals surface area (Å²) >= 11 is 0. The molecule has 3 rings (SSSR count). The first-order valence-electron chi connectivity index (χ1n) is 6.18. The van der Waals surface area contributed by atoms with Crippen molar-refractivity contribution in [2.45, 2.75) is 0 Å². The minimum Gasteiger partial charge on any atom is -0.322 e. The molecule has 3 aromatic rings. The zero-order valence-electron chi connectivity index (χ0n) is 10.8. The Hall–Kier alpha value is -3.02. The van der Waals surface area contributed by atoms with Gasteiger partial charge in [-0.15, -0.1) is 0 Å². The van der Waals surface area contributed by atoms with Crippen LogP contribution >= 0.6 is 0 Å². The second-order valence-electron chi connectivity index (χ2n) is 4.37. The molecule has 0 radical (unpaired) electrons. The molecule has 1 aromatic carbocycles. The van der Waals surface area contributed by atoms with Gasteiger partial charge in [-0.2, -0.15) is 0 Å². The van der Waals surface area contributed by atoms with Crippen molar-refractivity contribution in [3.63, 3.8) is 0 Å². The maximum absolute atomic E-state index is 12.8. The van der Waals surface area contributed by atoms with Crippen LogP contribution < -0.4 is 10.9 Å². The lowest BCUT2D eigenvalue weighted by Gasteiger charge is -2.06. The first kappa shape index (κ1) is 13.0. The minimum atomic E-state index is -0.586. The van der Waals surface area contributed by atoms with E-state index >= 15 is 0 Å². The van der Waals surface area contributed by atoms with Crippen molar-refractivity contribution < 1.29 is 9.18 Å².